The van der Waals surface area contributed by atoms with Gasteiger partial charge in [-0.1, -0.05) is 48.0 Å². The van der Waals surface area contributed by atoms with Gasteiger partial charge in [0, 0.05) is 42.5 Å². The maximum absolute atomic E-state index is 13.2. The van der Waals surface area contributed by atoms with Gasteiger partial charge in [0.05, 0.1) is 5.69 Å². The summed E-state index contributed by atoms with van der Waals surface area (Å²) in [5.74, 6) is -0.417. The molecular weight excluding hydrogens is 438 g/mol. The van der Waals surface area contributed by atoms with Crippen LogP contribution in [0.1, 0.15) is 35.7 Å². The Kier molecular flexibility index (Phi) is 6.65. The normalized spacial score (nSPS) is 13.3. The molecule has 6 nitrogen and oxygen atoms in total. The van der Waals surface area contributed by atoms with Crippen LogP contribution in [0.5, 0.6) is 0 Å². The molecule has 3 aromatic carbocycles. The second-order valence-corrected chi connectivity index (χ2v) is 8.62. The number of anilines is 1. The molecule has 0 saturated heterocycles. The first-order valence-corrected chi connectivity index (χ1v) is 11.4. The van der Waals surface area contributed by atoms with E-state index in [4.69, 9.17) is 11.6 Å². The highest BCUT2D eigenvalue weighted by Gasteiger charge is 2.30. The van der Waals surface area contributed by atoms with E-state index in [0.29, 0.717) is 23.6 Å². The fraction of sp³-hybridized carbons (Fsp3) is 0.269. The molecule has 33 heavy (non-hydrogen) atoms. The maximum atomic E-state index is 13.2. The zero-order valence-corrected chi connectivity index (χ0v) is 19.4. The van der Waals surface area contributed by atoms with Gasteiger partial charge in [-0.05, 0) is 48.6 Å². The Morgan fingerprint density at radius 3 is 2.55 bits per heavy atom. The monoisotopic (exact) mass is 463 g/mol. The van der Waals surface area contributed by atoms with Crippen LogP contribution < -0.4 is 10.2 Å². The maximum Gasteiger partial charge on any atom is 0.258 e. The van der Waals surface area contributed by atoms with Crippen molar-refractivity contribution in [2.24, 2.45) is 0 Å². The van der Waals surface area contributed by atoms with Crippen LogP contribution in [0.25, 0.3) is 10.8 Å². The number of carbonyl (C=O) groups is 3. The summed E-state index contributed by atoms with van der Waals surface area (Å²) in [5, 5.41) is 5.19. The van der Waals surface area contributed by atoms with Crippen molar-refractivity contribution in [1.82, 2.24) is 10.2 Å². The second-order valence-electron chi connectivity index (χ2n) is 8.18. The Hall–Kier alpha value is -3.38. The van der Waals surface area contributed by atoms with Crippen molar-refractivity contribution >= 4 is 45.8 Å². The molecule has 0 fully saturated rings. The number of hydrogen-bond acceptors (Lipinski definition) is 3. The number of rotatable bonds is 8. The first-order valence-electron chi connectivity index (χ1n) is 11.0. The summed E-state index contributed by atoms with van der Waals surface area (Å²) in [6.07, 6.45) is 0.708. The van der Waals surface area contributed by atoms with Crippen molar-refractivity contribution in [3.63, 3.8) is 0 Å². The van der Waals surface area contributed by atoms with Gasteiger partial charge in [0.25, 0.3) is 5.91 Å². The average molecular weight is 464 g/mol. The Labute approximate surface area is 198 Å². The highest BCUT2D eigenvalue weighted by Crippen LogP contribution is 2.37. The lowest BCUT2D eigenvalue weighted by molar-refractivity contribution is -0.140. The van der Waals surface area contributed by atoms with E-state index in [1.165, 1.54) is 0 Å². The van der Waals surface area contributed by atoms with E-state index in [-0.39, 0.29) is 30.7 Å². The van der Waals surface area contributed by atoms with Crippen molar-refractivity contribution in [2.45, 2.75) is 32.4 Å². The van der Waals surface area contributed by atoms with Gasteiger partial charge in [0.2, 0.25) is 11.8 Å². The van der Waals surface area contributed by atoms with E-state index in [1.807, 2.05) is 48.5 Å². The molecule has 0 spiro atoms. The molecule has 1 aliphatic rings. The molecule has 4 rings (SSSR count). The molecule has 3 aromatic rings. The third-order valence-corrected chi connectivity index (χ3v) is 6.31. The van der Waals surface area contributed by atoms with E-state index in [0.717, 1.165) is 22.0 Å². The number of amides is 3. The van der Waals surface area contributed by atoms with Gasteiger partial charge in [0.15, 0.2) is 0 Å². The highest BCUT2D eigenvalue weighted by atomic mass is 35.5. The molecule has 1 heterocycles. The lowest BCUT2D eigenvalue weighted by atomic mass is 10.1. The minimum atomic E-state index is -0.632. The zero-order chi connectivity index (χ0) is 23.5. The van der Waals surface area contributed by atoms with Crippen LogP contribution in [0.4, 0.5) is 5.69 Å². The number of nitrogens with zero attached hydrogens (tertiary/aromatic N) is 2. The van der Waals surface area contributed by atoms with Gasteiger partial charge in [-0.2, -0.15) is 0 Å². The van der Waals surface area contributed by atoms with Crippen molar-refractivity contribution in [1.29, 1.82) is 0 Å². The summed E-state index contributed by atoms with van der Waals surface area (Å²) in [6.45, 7) is 2.42. The Morgan fingerprint density at radius 2 is 1.82 bits per heavy atom. The first kappa shape index (κ1) is 22.8. The van der Waals surface area contributed by atoms with E-state index in [2.05, 4.69) is 5.32 Å². The van der Waals surface area contributed by atoms with Crippen LogP contribution in [0.3, 0.4) is 0 Å². The molecular formula is C26H26ClN3O3. The summed E-state index contributed by atoms with van der Waals surface area (Å²) in [6, 6.07) is 18.2. The fourth-order valence-corrected chi connectivity index (χ4v) is 4.57. The molecule has 1 atom stereocenters. The van der Waals surface area contributed by atoms with Gasteiger partial charge in [0.1, 0.15) is 6.04 Å². The Morgan fingerprint density at radius 1 is 1.09 bits per heavy atom. The molecule has 0 radical (unpaired) electrons. The topological polar surface area (TPSA) is 69.7 Å². The van der Waals surface area contributed by atoms with E-state index in [9.17, 15) is 14.4 Å². The van der Waals surface area contributed by atoms with Crippen LogP contribution in [0, 0.1) is 0 Å². The van der Waals surface area contributed by atoms with Crippen molar-refractivity contribution < 1.29 is 14.4 Å². The van der Waals surface area contributed by atoms with Crippen LogP contribution in [0.15, 0.2) is 60.7 Å². The average Bonchev–Trinajstić information content (AvgIpc) is 3.09. The molecule has 170 valence electrons. The molecule has 3 amide bonds. The van der Waals surface area contributed by atoms with Crippen LogP contribution >= 0.6 is 11.6 Å². The quantitative estimate of drug-likeness (QED) is 0.538. The van der Waals surface area contributed by atoms with Crippen LogP contribution in [-0.4, -0.2) is 42.3 Å². The van der Waals surface area contributed by atoms with E-state index >= 15 is 0 Å². The van der Waals surface area contributed by atoms with Crippen molar-refractivity contribution in [2.75, 3.05) is 18.5 Å². The molecule has 7 heteroatoms. The van der Waals surface area contributed by atoms with Gasteiger partial charge in [-0.25, -0.2) is 0 Å². The molecule has 0 aliphatic carbocycles. The third kappa shape index (κ3) is 4.57. The summed E-state index contributed by atoms with van der Waals surface area (Å²) < 4.78 is 0. The molecule has 1 aliphatic heterocycles. The largest absolute Gasteiger partial charge is 0.357 e. The SMILES string of the molecule is CNC(=O)[C@@H](C)N(Cc1cccc(Cl)c1)C(=O)CCCN1C(=O)c2cccc3cccc1c23. The number of likely N-dealkylation sites (N-methyl/N-ethyl adjacent to an activating group) is 1. The number of nitrogens with one attached hydrogen (secondary N) is 1. The predicted molar refractivity (Wildman–Crippen MR) is 130 cm³/mol. The van der Waals surface area contributed by atoms with Crippen LogP contribution in [0.2, 0.25) is 5.02 Å². The van der Waals surface area contributed by atoms with Gasteiger partial charge >= 0.3 is 0 Å². The van der Waals surface area contributed by atoms with E-state index < -0.39 is 6.04 Å². The van der Waals surface area contributed by atoms with Crippen LogP contribution in [-0.2, 0) is 16.1 Å². The molecule has 0 unspecified atom stereocenters. The van der Waals surface area contributed by atoms with Gasteiger partial charge in [-0.3, -0.25) is 14.4 Å². The highest BCUT2D eigenvalue weighted by molar-refractivity contribution is 6.30. The minimum absolute atomic E-state index is 0.0382. The summed E-state index contributed by atoms with van der Waals surface area (Å²) in [5.41, 5.74) is 2.43. The molecule has 0 bridgehead atoms. The van der Waals surface area contributed by atoms with Crippen molar-refractivity contribution in [3.8, 4) is 0 Å². The van der Waals surface area contributed by atoms with E-state index in [1.54, 1.807) is 35.9 Å². The lowest BCUT2D eigenvalue weighted by Gasteiger charge is -2.29. The number of carbonyl (C=O) groups excluding carboxylic acids is 3. The Bertz CT molecular complexity index is 1220. The minimum Gasteiger partial charge on any atom is -0.357 e. The van der Waals surface area contributed by atoms with Gasteiger partial charge in [-0.15, -0.1) is 0 Å². The summed E-state index contributed by atoms with van der Waals surface area (Å²) in [7, 11) is 1.55. The van der Waals surface area contributed by atoms with Gasteiger partial charge < -0.3 is 15.1 Å². The second kappa shape index (κ2) is 9.63. The lowest BCUT2D eigenvalue weighted by Crippen LogP contribution is -2.46. The number of hydrogen-bond donors (Lipinski definition) is 1. The Balaban J connectivity index is 1.46. The first-order chi connectivity index (χ1) is 15.9. The number of benzene rings is 3. The summed E-state index contributed by atoms with van der Waals surface area (Å²) >= 11 is 6.10. The summed E-state index contributed by atoms with van der Waals surface area (Å²) in [4.78, 5) is 41.7. The molecule has 1 N–H and O–H groups in total. The number of halogens is 1. The molecule has 0 saturated carbocycles. The standard InChI is InChI=1S/C26H26ClN3O3/c1-17(25(32)28-2)30(16-18-7-3-10-20(27)15-18)23(31)13-6-14-29-22-12-5-9-19-8-4-11-21(24(19)22)26(29)33/h3-5,7-12,15,17H,6,13-14,16H2,1-2H3,(H,28,32)/t17-/m1/s1. The zero-order valence-electron chi connectivity index (χ0n) is 18.7. The smallest absolute Gasteiger partial charge is 0.258 e. The van der Waals surface area contributed by atoms with Crippen molar-refractivity contribution in [3.05, 3.63) is 76.8 Å². The molecule has 0 aromatic heterocycles. The predicted octanol–water partition coefficient (Wildman–Crippen LogP) is 4.40. The fourth-order valence-electron chi connectivity index (χ4n) is 4.36. The third-order valence-electron chi connectivity index (χ3n) is 6.08.